The van der Waals surface area contributed by atoms with Crippen molar-refractivity contribution in [3.05, 3.63) is 77.9 Å². The summed E-state index contributed by atoms with van der Waals surface area (Å²) in [5, 5.41) is 4.99. The Morgan fingerprint density at radius 3 is 2.33 bits per heavy atom. The Morgan fingerprint density at radius 2 is 1.54 bits per heavy atom. The average Bonchev–Trinajstić information content (AvgIpc) is 2.61. The number of aryl methyl sites for hydroxylation is 1. The van der Waals surface area contributed by atoms with Gasteiger partial charge in [0.2, 0.25) is 5.91 Å². The molecule has 3 heteroatoms. The van der Waals surface area contributed by atoms with Crippen molar-refractivity contribution in [2.24, 2.45) is 0 Å². The number of carbonyl (C=O) groups is 2. The molecule has 0 saturated carbocycles. The quantitative estimate of drug-likeness (QED) is 0.690. The Labute approximate surface area is 141 Å². The SMILES string of the molecule is Cc1ccccc1NC(=O)CCC(=O)c1ccc2ccccc2c1. The molecule has 0 aliphatic heterocycles. The fourth-order valence-corrected chi connectivity index (χ4v) is 2.66. The number of Topliss-reactive ketones (excluding diaryl/α,β-unsaturated/α-hetero) is 1. The lowest BCUT2D eigenvalue weighted by Gasteiger charge is -2.08. The van der Waals surface area contributed by atoms with Crippen LogP contribution < -0.4 is 5.32 Å². The van der Waals surface area contributed by atoms with Crippen LogP contribution in [0.5, 0.6) is 0 Å². The van der Waals surface area contributed by atoms with Gasteiger partial charge < -0.3 is 5.32 Å². The first kappa shape index (κ1) is 15.9. The summed E-state index contributed by atoms with van der Waals surface area (Å²) in [5.74, 6) is -0.154. The number of para-hydroxylation sites is 1. The highest BCUT2D eigenvalue weighted by atomic mass is 16.2. The maximum atomic E-state index is 12.3. The summed E-state index contributed by atoms with van der Waals surface area (Å²) < 4.78 is 0. The maximum Gasteiger partial charge on any atom is 0.224 e. The first-order chi connectivity index (χ1) is 11.6. The van der Waals surface area contributed by atoms with Gasteiger partial charge in [0.05, 0.1) is 0 Å². The van der Waals surface area contributed by atoms with Crippen molar-refractivity contribution in [3.8, 4) is 0 Å². The number of benzene rings is 3. The van der Waals surface area contributed by atoms with Gasteiger partial charge >= 0.3 is 0 Å². The molecule has 0 aromatic heterocycles. The van der Waals surface area contributed by atoms with Gasteiger partial charge in [-0.2, -0.15) is 0 Å². The van der Waals surface area contributed by atoms with Gasteiger partial charge in [-0.25, -0.2) is 0 Å². The van der Waals surface area contributed by atoms with Crippen molar-refractivity contribution in [1.29, 1.82) is 0 Å². The summed E-state index contributed by atoms with van der Waals surface area (Å²) in [6.07, 6.45) is 0.385. The standard InChI is InChI=1S/C21H19NO2/c1-15-6-2-5-9-19(15)22-21(24)13-12-20(23)18-11-10-16-7-3-4-8-17(16)14-18/h2-11,14H,12-13H2,1H3,(H,22,24). The number of fused-ring (bicyclic) bond motifs is 1. The molecule has 3 rings (SSSR count). The average molecular weight is 317 g/mol. The van der Waals surface area contributed by atoms with Gasteiger partial charge in [0, 0.05) is 24.1 Å². The Hall–Kier alpha value is -2.94. The van der Waals surface area contributed by atoms with Crippen LogP contribution in [0.4, 0.5) is 5.69 Å². The molecule has 0 fully saturated rings. The number of hydrogen-bond acceptors (Lipinski definition) is 2. The van der Waals surface area contributed by atoms with Gasteiger partial charge in [-0.1, -0.05) is 54.6 Å². The first-order valence-corrected chi connectivity index (χ1v) is 8.01. The second-order valence-electron chi connectivity index (χ2n) is 5.85. The van der Waals surface area contributed by atoms with Crippen LogP contribution in [0, 0.1) is 6.92 Å². The van der Waals surface area contributed by atoms with E-state index < -0.39 is 0 Å². The van der Waals surface area contributed by atoms with Crippen LogP contribution in [0.15, 0.2) is 66.7 Å². The van der Waals surface area contributed by atoms with Crippen molar-refractivity contribution in [3.63, 3.8) is 0 Å². The van der Waals surface area contributed by atoms with E-state index in [2.05, 4.69) is 5.32 Å². The van der Waals surface area contributed by atoms with Crippen LogP contribution >= 0.6 is 0 Å². The fourth-order valence-electron chi connectivity index (χ4n) is 2.66. The molecular weight excluding hydrogens is 298 g/mol. The Balaban J connectivity index is 1.62. The van der Waals surface area contributed by atoms with Gasteiger partial charge in [-0.05, 0) is 35.4 Å². The van der Waals surface area contributed by atoms with E-state index in [1.165, 1.54) is 0 Å². The molecule has 3 nitrogen and oxygen atoms in total. The van der Waals surface area contributed by atoms with Gasteiger partial charge in [0.25, 0.3) is 0 Å². The summed E-state index contributed by atoms with van der Waals surface area (Å²) in [5.41, 5.74) is 2.45. The van der Waals surface area contributed by atoms with Crippen LogP contribution in [0.25, 0.3) is 10.8 Å². The van der Waals surface area contributed by atoms with Gasteiger partial charge in [0.1, 0.15) is 0 Å². The van der Waals surface area contributed by atoms with E-state index in [-0.39, 0.29) is 24.5 Å². The summed E-state index contributed by atoms with van der Waals surface area (Å²) in [4.78, 5) is 24.4. The second kappa shape index (κ2) is 7.09. The molecule has 0 aliphatic carbocycles. The van der Waals surface area contributed by atoms with Gasteiger partial charge in [-0.3, -0.25) is 9.59 Å². The summed E-state index contributed by atoms with van der Waals surface area (Å²) in [7, 11) is 0. The summed E-state index contributed by atoms with van der Waals surface area (Å²) in [6.45, 7) is 1.94. The second-order valence-corrected chi connectivity index (χ2v) is 5.85. The zero-order valence-electron chi connectivity index (χ0n) is 13.6. The van der Waals surface area contributed by atoms with Crippen molar-refractivity contribution in [2.75, 3.05) is 5.32 Å². The van der Waals surface area contributed by atoms with Gasteiger partial charge in [-0.15, -0.1) is 0 Å². The van der Waals surface area contributed by atoms with E-state index in [0.717, 1.165) is 22.0 Å². The topological polar surface area (TPSA) is 46.2 Å². The Morgan fingerprint density at radius 1 is 0.833 bits per heavy atom. The molecule has 0 bridgehead atoms. The number of carbonyl (C=O) groups excluding carboxylic acids is 2. The zero-order valence-corrected chi connectivity index (χ0v) is 13.6. The highest BCUT2D eigenvalue weighted by Crippen LogP contribution is 2.18. The van der Waals surface area contributed by atoms with Crippen LogP contribution in [0.1, 0.15) is 28.8 Å². The molecule has 0 heterocycles. The molecule has 120 valence electrons. The van der Waals surface area contributed by atoms with Crippen molar-refractivity contribution < 1.29 is 9.59 Å². The molecule has 0 saturated heterocycles. The molecular formula is C21H19NO2. The number of amides is 1. The van der Waals surface area contributed by atoms with E-state index in [1.807, 2.05) is 73.7 Å². The monoisotopic (exact) mass is 317 g/mol. The third-order valence-corrected chi connectivity index (χ3v) is 4.07. The van der Waals surface area contributed by atoms with E-state index >= 15 is 0 Å². The molecule has 0 spiro atoms. The number of ketones is 1. The molecule has 0 atom stereocenters. The molecule has 0 unspecified atom stereocenters. The fraction of sp³-hybridized carbons (Fsp3) is 0.143. The maximum absolute atomic E-state index is 12.3. The minimum absolute atomic E-state index is 0.0133. The lowest BCUT2D eigenvalue weighted by atomic mass is 10.0. The van der Waals surface area contributed by atoms with E-state index in [1.54, 1.807) is 0 Å². The van der Waals surface area contributed by atoms with Crippen LogP contribution in [-0.4, -0.2) is 11.7 Å². The minimum atomic E-state index is -0.140. The lowest BCUT2D eigenvalue weighted by Crippen LogP contribution is -2.14. The predicted molar refractivity (Wildman–Crippen MR) is 97.3 cm³/mol. The molecule has 3 aromatic carbocycles. The van der Waals surface area contributed by atoms with E-state index in [9.17, 15) is 9.59 Å². The van der Waals surface area contributed by atoms with Crippen molar-refractivity contribution in [1.82, 2.24) is 0 Å². The van der Waals surface area contributed by atoms with Crippen molar-refractivity contribution >= 4 is 28.2 Å². The zero-order chi connectivity index (χ0) is 16.9. The number of nitrogens with one attached hydrogen (secondary N) is 1. The number of anilines is 1. The first-order valence-electron chi connectivity index (χ1n) is 8.01. The predicted octanol–water partition coefficient (Wildman–Crippen LogP) is 4.75. The van der Waals surface area contributed by atoms with Gasteiger partial charge in [0.15, 0.2) is 5.78 Å². The van der Waals surface area contributed by atoms with Crippen LogP contribution in [-0.2, 0) is 4.79 Å². The molecule has 1 N–H and O–H groups in total. The number of hydrogen-bond donors (Lipinski definition) is 1. The van der Waals surface area contributed by atoms with E-state index in [0.29, 0.717) is 5.56 Å². The molecule has 0 radical (unpaired) electrons. The molecule has 1 amide bonds. The highest BCUT2D eigenvalue weighted by Gasteiger charge is 2.10. The Bertz CT molecular complexity index is 899. The molecule has 3 aromatic rings. The van der Waals surface area contributed by atoms with Crippen LogP contribution in [0.2, 0.25) is 0 Å². The third kappa shape index (κ3) is 3.69. The van der Waals surface area contributed by atoms with E-state index in [4.69, 9.17) is 0 Å². The third-order valence-electron chi connectivity index (χ3n) is 4.07. The van der Waals surface area contributed by atoms with Crippen molar-refractivity contribution in [2.45, 2.75) is 19.8 Å². The lowest BCUT2D eigenvalue weighted by molar-refractivity contribution is -0.116. The number of rotatable bonds is 5. The normalized spacial score (nSPS) is 10.5. The minimum Gasteiger partial charge on any atom is -0.326 e. The Kier molecular flexibility index (Phi) is 4.71. The molecule has 0 aliphatic rings. The molecule has 24 heavy (non-hydrogen) atoms. The summed E-state index contributed by atoms with van der Waals surface area (Å²) in [6, 6.07) is 21.2. The van der Waals surface area contributed by atoms with Crippen LogP contribution in [0.3, 0.4) is 0 Å². The smallest absolute Gasteiger partial charge is 0.224 e. The summed E-state index contributed by atoms with van der Waals surface area (Å²) >= 11 is 0. The highest BCUT2D eigenvalue weighted by molar-refractivity contribution is 6.02. The largest absolute Gasteiger partial charge is 0.326 e.